The maximum absolute atomic E-state index is 9.00. The Labute approximate surface area is 104 Å². The predicted octanol–water partition coefficient (Wildman–Crippen LogP) is 4.17. The molecule has 0 fully saturated rings. The van der Waals surface area contributed by atoms with E-state index in [0.717, 1.165) is 12.5 Å². The summed E-state index contributed by atoms with van der Waals surface area (Å²) in [4.78, 5) is 9.00. The van der Waals surface area contributed by atoms with Gasteiger partial charge in [0.15, 0.2) is 0 Å². The molecule has 1 aromatic rings. The minimum atomic E-state index is -0.833. The van der Waals surface area contributed by atoms with Crippen molar-refractivity contribution < 1.29 is 9.90 Å². The van der Waals surface area contributed by atoms with Crippen molar-refractivity contribution in [3.8, 4) is 0 Å². The summed E-state index contributed by atoms with van der Waals surface area (Å²) < 4.78 is 0. The standard InChI is InChI=1S/C8H8.C5H8.C2H4O2/c1-2-8-6-4-3-5-7-8;1-4-5(2)3;1-2(3)4/h2-7H,1H2;4H,1-2H2,3H3;1H3,(H,3,4). The summed E-state index contributed by atoms with van der Waals surface area (Å²) in [5.41, 5.74) is 2.19. The first-order valence-electron chi connectivity index (χ1n) is 5.09. The Morgan fingerprint density at radius 3 is 1.71 bits per heavy atom. The summed E-state index contributed by atoms with van der Waals surface area (Å²) in [5, 5.41) is 7.42. The molecule has 0 atom stereocenters. The normalized spacial score (nSPS) is 7.41. The zero-order chi connectivity index (χ0) is 13.7. The van der Waals surface area contributed by atoms with E-state index in [0.29, 0.717) is 0 Å². The van der Waals surface area contributed by atoms with Crippen LogP contribution in [0.15, 0.2) is 61.7 Å². The third-order valence-corrected chi connectivity index (χ3v) is 1.38. The Kier molecular flexibility index (Phi) is 12.2. The van der Waals surface area contributed by atoms with E-state index in [-0.39, 0.29) is 0 Å². The molecule has 0 aliphatic carbocycles. The predicted molar refractivity (Wildman–Crippen MR) is 74.9 cm³/mol. The van der Waals surface area contributed by atoms with Gasteiger partial charge >= 0.3 is 0 Å². The molecule has 17 heavy (non-hydrogen) atoms. The maximum atomic E-state index is 9.00. The SMILES string of the molecule is C=CC(=C)C.C=Cc1ccccc1.CC(=O)O. The van der Waals surface area contributed by atoms with Gasteiger partial charge in [-0.2, -0.15) is 0 Å². The molecule has 0 amide bonds. The highest BCUT2D eigenvalue weighted by Crippen LogP contribution is 1.97. The number of carboxylic acid groups (broad SMARTS) is 1. The number of hydrogen-bond donors (Lipinski definition) is 1. The number of rotatable bonds is 2. The van der Waals surface area contributed by atoms with Crippen LogP contribution in [0.2, 0.25) is 0 Å². The fourth-order valence-electron chi connectivity index (χ4n) is 0.589. The molecule has 0 aliphatic rings. The zero-order valence-electron chi connectivity index (χ0n) is 10.5. The highest BCUT2D eigenvalue weighted by Gasteiger charge is 1.75. The molecule has 0 unspecified atom stereocenters. The number of benzene rings is 1. The van der Waals surface area contributed by atoms with Gasteiger partial charge in [-0.15, -0.1) is 0 Å². The van der Waals surface area contributed by atoms with Crippen molar-refractivity contribution in [1.29, 1.82) is 0 Å². The van der Waals surface area contributed by atoms with Crippen molar-refractivity contribution in [2.45, 2.75) is 13.8 Å². The second-order valence-corrected chi connectivity index (χ2v) is 3.18. The largest absolute Gasteiger partial charge is 0.481 e. The molecule has 2 nitrogen and oxygen atoms in total. The van der Waals surface area contributed by atoms with Crippen LogP contribution in [0.1, 0.15) is 19.4 Å². The Balaban J connectivity index is 0. The van der Waals surface area contributed by atoms with E-state index in [1.165, 1.54) is 5.56 Å². The number of allylic oxidation sites excluding steroid dienone is 2. The highest BCUT2D eigenvalue weighted by molar-refractivity contribution is 5.62. The number of aliphatic carboxylic acids is 1. The molecule has 0 spiro atoms. The van der Waals surface area contributed by atoms with Gasteiger partial charge in [-0.1, -0.05) is 67.8 Å². The Morgan fingerprint density at radius 2 is 1.53 bits per heavy atom. The molecule has 1 N–H and O–H groups in total. The first kappa shape index (κ1) is 17.3. The fraction of sp³-hybridized carbons (Fsp3) is 0.133. The lowest BCUT2D eigenvalue weighted by atomic mass is 10.2. The molecule has 0 saturated carbocycles. The van der Waals surface area contributed by atoms with Crippen molar-refractivity contribution in [2.75, 3.05) is 0 Å². The van der Waals surface area contributed by atoms with Crippen LogP contribution >= 0.6 is 0 Å². The Morgan fingerprint density at radius 1 is 1.18 bits per heavy atom. The molecule has 0 aliphatic heterocycles. The lowest BCUT2D eigenvalue weighted by Crippen LogP contribution is -1.78. The third kappa shape index (κ3) is 20.1. The van der Waals surface area contributed by atoms with Gasteiger partial charge in [0, 0.05) is 6.92 Å². The van der Waals surface area contributed by atoms with Crippen LogP contribution in [-0.4, -0.2) is 11.1 Å². The van der Waals surface area contributed by atoms with Crippen LogP contribution in [0.5, 0.6) is 0 Å². The average molecular weight is 232 g/mol. The van der Waals surface area contributed by atoms with Crippen molar-refractivity contribution in [2.24, 2.45) is 0 Å². The van der Waals surface area contributed by atoms with Crippen LogP contribution in [0.4, 0.5) is 0 Å². The summed E-state index contributed by atoms with van der Waals surface area (Å²) in [6.45, 7) is 13.6. The summed E-state index contributed by atoms with van der Waals surface area (Å²) in [7, 11) is 0. The average Bonchev–Trinajstić information content (AvgIpc) is 2.30. The molecular weight excluding hydrogens is 212 g/mol. The summed E-state index contributed by atoms with van der Waals surface area (Å²) in [6, 6.07) is 10.0. The summed E-state index contributed by atoms with van der Waals surface area (Å²) in [6.07, 6.45) is 3.56. The lowest BCUT2D eigenvalue weighted by Gasteiger charge is -1.85. The van der Waals surface area contributed by atoms with Crippen LogP contribution < -0.4 is 0 Å². The van der Waals surface area contributed by atoms with Crippen LogP contribution in [0.25, 0.3) is 6.08 Å². The summed E-state index contributed by atoms with van der Waals surface area (Å²) >= 11 is 0. The molecule has 2 heteroatoms. The first-order valence-corrected chi connectivity index (χ1v) is 5.09. The van der Waals surface area contributed by atoms with Gasteiger partial charge in [-0.05, 0) is 12.5 Å². The molecule has 1 aromatic carbocycles. The van der Waals surface area contributed by atoms with Gasteiger partial charge in [0.2, 0.25) is 0 Å². The molecule has 92 valence electrons. The maximum Gasteiger partial charge on any atom is 0.300 e. The summed E-state index contributed by atoms with van der Waals surface area (Å²) in [5.74, 6) is -0.833. The molecule has 1 rings (SSSR count). The van der Waals surface area contributed by atoms with E-state index in [4.69, 9.17) is 9.90 Å². The molecule has 0 saturated heterocycles. The molecule has 0 heterocycles. The van der Waals surface area contributed by atoms with E-state index < -0.39 is 5.97 Å². The van der Waals surface area contributed by atoms with Crippen LogP contribution in [0.3, 0.4) is 0 Å². The van der Waals surface area contributed by atoms with Crippen molar-refractivity contribution in [3.63, 3.8) is 0 Å². The van der Waals surface area contributed by atoms with Gasteiger partial charge in [-0.3, -0.25) is 4.79 Å². The van der Waals surface area contributed by atoms with E-state index in [9.17, 15) is 0 Å². The Hall–Kier alpha value is -2.09. The van der Waals surface area contributed by atoms with Gasteiger partial charge in [0.1, 0.15) is 0 Å². The van der Waals surface area contributed by atoms with E-state index in [1.54, 1.807) is 6.08 Å². The smallest absolute Gasteiger partial charge is 0.300 e. The highest BCUT2D eigenvalue weighted by atomic mass is 16.4. The number of carboxylic acids is 1. The van der Waals surface area contributed by atoms with Crippen molar-refractivity contribution in [1.82, 2.24) is 0 Å². The minimum absolute atomic E-state index is 0.833. The molecule has 0 bridgehead atoms. The van der Waals surface area contributed by atoms with Crippen molar-refractivity contribution in [3.05, 3.63) is 67.3 Å². The lowest BCUT2D eigenvalue weighted by molar-refractivity contribution is -0.134. The molecule has 0 aromatic heterocycles. The van der Waals surface area contributed by atoms with E-state index in [2.05, 4.69) is 19.7 Å². The van der Waals surface area contributed by atoms with Gasteiger partial charge in [0.05, 0.1) is 0 Å². The second-order valence-electron chi connectivity index (χ2n) is 3.18. The third-order valence-electron chi connectivity index (χ3n) is 1.38. The number of carbonyl (C=O) groups is 1. The van der Waals surface area contributed by atoms with Gasteiger partial charge < -0.3 is 5.11 Å². The Bertz CT molecular complexity index is 346. The van der Waals surface area contributed by atoms with Gasteiger partial charge in [0.25, 0.3) is 5.97 Å². The van der Waals surface area contributed by atoms with Crippen LogP contribution in [-0.2, 0) is 4.79 Å². The second kappa shape index (κ2) is 12.0. The van der Waals surface area contributed by atoms with E-state index >= 15 is 0 Å². The molecular formula is C15H20O2. The monoisotopic (exact) mass is 232 g/mol. The minimum Gasteiger partial charge on any atom is -0.481 e. The quantitative estimate of drug-likeness (QED) is 0.777. The molecule has 0 radical (unpaired) electrons. The van der Waals surface area contributed by atoms with Crippen LogP contribution in [0, 0.1) is 0 Å². The zero-order valence-corrected chi connectivity index (χ0v) is 10.5. The van der Waals surface area contributed by atoms with Gasteiger partial charge in [-0.25, -0.2) is 0 Å². The fourth-order valence-corrected chi connectivity index (χ4v) is 0.589. The first-order chi connectivity index (χ1) is 7.93. The number of hydrogen-bond acceptors (Lipinski definition) is 1. The topological polar surface area (TPSA) is 37.3 Å². The van der Waals surface area contributed by atoms with Crippen molar-refractivity contribution >= 4 is 12.0 Å². The van der Waals surface area contributed by atoms with E-state index in [1.807, 2.05) is 43.3 Å².